The minimum atomic E-state index is -1.22. The summed E-state index contributed by atoms with van der Waals surface area (Å²) in [4.78, 5) is 50.8. The summed E-state index contributed by atoms with van der Waals surface area (Å²) in [6.07, 6.45) is 4.30. The third-order valence-corrected chi connectivity index (χ3v) is 9.97. The molecule has 2 bridgehead atoms. The van der Waals surface area contributed by atoms with Gasteiger partial charge in [0.2, 0.25) is 11.8 Å². The van der Waals surface area contributed by atoms with Crippen LogP contribution in [0.15, 0.2) is 79.9 Å². The van der Waals surface area contributed by atoms with E-state index < -0.39 is 35.1 Å². The SMILES string of the molecule is C=CCN(C(=O)C1N([C@H](C)CO)C(=O)[C@@H]2[C@@H](C(=O)N(CC=C)c3ccccc3)[C@@]3(C)CCC12O3)c1ccc(N(CC)CC)cc1. The number of likely N-dealkylation sites (tertiary alicyclic amines) is 1. The predicted molar refractivity (Wildman–Crippen MR) is 177 cm³/mol. The quantitative estimate of drug-likeness (QED) is 0.336. The minimum absolute atomic E-state index is 0.219. The van der Waals surface area contributed by atoms with E-state index in [9.17, 15) is 19.5 Å². The molecule has 0 aromatic heterocycles. The van der Waals surface area contributed by atoms with Crippen molar-refractivity contribution in [1.29, 1.82) is 0 Å². The molecule has 0 aliphatic carbocycles. The lowest BCUT2D eigenvalue weighted by Gasteiger charge is -2.38. The zero-order valence-corrected chi connectivity index (χ0v) is 26.9. The molecule has 5 rings (SSSR count). The first-order chi connectivity index (χ1) is 21.6. The fourth-order valence-electron chi connectivity index (χ4n) is 7.84. The largest absolute Gasteiger partial charge is 0.394 e. The standard InChI is InChI=1S/C36H46N4O5/c1-7-22-38(27-14-12-11-13-15-27)32(42)29-30-33(43)40(25(5)24-41)31(36(30)21-20-35(29,6)45-36)34(44)39(23-8-2)28-18-16-26(17-19-28)37(9-3)10-4/h7-8,11-19,25,29-31,41H,1-2,9-10,20-24H2,3-6H3/t25-,29+,30+,31?,35-,36?/m1/s1. The zero-order chi connectivity index (χ0) is 32.5. The van der Waals surface area contributed by atoms with Crippen LogP contribution in [0.5, 0.6) is 0 Å². The molecule has 1 spiro atoms. The van der Waals surface area contributed by atoms with Gasteiger partial charge in [0.05, 0.1) is 30.1 Å². The van der Waals surface area contributed by atoms with Crippen molar-refractivity contribution in [2.24, 2.45) is 11.8 Å². The number of rotatable bonds is 13. The normalized spacial score (nSPS) is 27.2. The molecule has 3 amide bonds. The van der Waals surface area contributed by atoms with Gasteiger partial charge >= 0.3 is 0 Å². The monoisotopic (exact) mass is 614 g/mol. The van der Waals surface area contributed by atoms with Gasteiger partial charge in [-0.1, -0.05) is 30.4 Å². The number of hydrogen-bond donors (Lipinski definition) is 1. The molecule has 45 heavy (non-hydrogen) atoms. The van der Waals surface area contributed by atoms with Crippen molar-refractivity contribution in [3.63, 3.8) is 0 Å². The van der Waals surface area contributed by atoms with Gasteiger partial charge in [0.15, 0.2) is 0 Å². The van der Waals surface area contributed by atoms with Crippen LogP contribution < -0.4 is 14.7 Å². The van der Waals surface area contributed by atoms with Crippen molar-refractivity contribution in [3.05, 3.63) is 79.9 Å². The lowest BCUT2D eigenvalue weighted by Crippen LogP contribution is -2.58. The second-order valence-electron chi connectivity index (χ2n) is 12.5. The van der Waals surface area contributed by atoms with Crippen LogP contribution in [0.4, 0.5) is 17.1 Å². The van der Waals surface area contributed by atoms with Crippen LogP contribution >= 0.6 is 0 Å². The Balaban J connectivity index is 1.57. The van der Waals surface area contributed by atoms with Gasteiger partial charge in [-0.05, 0) is 76.9 Å². The van der Waals surface area contributed by atoms with Gasteiger partial charge in [-0.2, -0.15) is 0 Å². The molecule has 3 fully saturated rings. The van der Waals surface area contributed by atoms with Crippen LogP contribution in [-0.4, -0.2) is 83.8 Å². The number of carbonyl (C=O) groups excluding carboxylic acids is 3. The van der Waals surface area contributed by atoms with E-state index in [1.807, 2.05) is 61.5 Å². The number of ether oxygens (including phenoxy) is 1. The molecule has 3 heterocycles. The fraction of sp³-hybridized carbons (Fsp3) is 0.472. The number of carbonyl (C=O) groups is 3. The van der Waals surface area contributed by atoms with Crippen molar-refractivity contribution < 1.29 is 24.2 Å². The highest BCUT2D eigenvalue weighted by Gasteiger charge is 2.78. The molecule has 0 saturated carbocycles. The van der Waals surface area contributed by atoms with Gasteiger partial charge in [-0.25, -0.2) is 0 Å². The summed E-state index contributed by atoms with van der Waals surface area (Å²) in [6.45, 7) is 17.4. The number of aliphatic hydroxyl groups is 1. The minimum Gasteiger partial charge on any atom is -0.394 e. The van der Waals surface area contributed by atoms with Crippen LogP contribution in [0.2, 0.25) is 0 Å². The molecule has 2 aromatic rings. The molecular formula is C36H46N4O5. The molecule has 1 N–H and O–H groups in total. The first kappa shape index (κ1) is 32.4. The second kappa shape index (κ2) is 12.8. The van der Waals surface area contributed by atoms with E-state index in [2.05, 4.69) is 31.9 Å². The number of hydrogen-bond acceptors (Lipinski definition) is 6. The van der Waals surface area contributed by atoms with Gasteiger partial charge in [0.1, 0.15) is 11.6 Å². The average molecular weight is 615 g/mol. The Morgan fingerprint density at radius 2 is 1.51 bits per heavy atom. The molecule has 240 valence electrons. The van der Waals surface area contributed by atoms with Gasteiger partial charge in [-0.15, -0.1) is 13.2 Å². The molecular weight excluding hydrogens is 568 g/mol. The van der Waals surface area contributed by atoms with E-state index in [1.165, 1.54) is 4.90 Å². The van der Waals surface area contributed by atoms with Crippen molar-refractivity contribution in [2.45, 2.75) is 63.8 Å². The van der Waals surface area contributed by atoms with Crippen molar-refractivity contribution >= 4 is 34.8 Å². The number of fused-ring (bicyclic) bond motifs is 1. The summed E-state index contributed by atoms with van der Waals surface area (Å²) in [7, 11) is 0. The number of para-hydroxylation sites is 1. The van der Waals surface area contributed by atoms with Crippen LogP contribution in [0, 0.1) is 11.8 Å². The van der Waals surface area contributed by atoms with E-state index in [-0.39, 0.29) is 37.4 Å². The van der Waals surface area contributed by atoms with E-state index in [0.717, 1.165) is 18.8 Å². The van der Waals surface area contributed by atoms with Crippen LogP contribution in [0.3, 0.4) is 0 Å². The third kappa shape index (κ3) is 5.25. The number of amides is 3. The van der Waals surface area contributed by atoms with Crippen LogP contribution in [0.1, 0.15) is 40.5 Å². The van der Waals surface area contributed by atoms with Gasteiger partial charge in [0, 0.05) is 43.2 Å². The van der Waals surface area contributed by atoms with E-state index in [1.54, 1.807) is 28.9 Å². The maximum Gasteiger partial charge on any atom is 0.253 e. The molecule has 9 nitrogen and oxygen atoms in total. The molecule has 3 aliphatic heterocycles. The fourth-order valence-corrected chi connectivity index (χ4v) is 7.84. The van der Waals surface area contributed by atoms with Crippen molar-refractivity contribution in [2.75, 3.05) is 47.5 Å². The van der Waals surface area contributed by atoms with E-state index in [4.69, 9.17) is 4.74 Å². The Morgan fingerprint density at radius 3 is 2.07 bits per heavy atom. The maximum absolute atomic E-state index is 14.8. The van der Waals surface area contributed by atoms with Crippen molar-refractivity contribution in [3.8, 4) is 0 Å². The summed E-state index contributed by atoms with van der Waals surface area (Å²) >= 11 is 0. The Labute approximate surface area is 266 Å². The zero-order valence-electron chi connectivity index (χ0n) is 26.9. The summed E-state index contributed by atoms with van der Waals surface area (Å²) < 4.78 is 6.84. The molecule has 0 radical (unpaired) electrons. The predicted octanol–water partition coefficient (Wildman–Crippen LogP) is 4.42. The Bertz CT molecular complexity index is 1430. The van der Waals surface area contributed by atoms with E-state index in [0.29, 0.717) is 24.2 Å². The number of benzene rings is 2. The molecule has 2 unspecified atom stereocenters. The number of nitrogens with zero attached hydrogens (tertiary/aromatic N) is 4. The van der Waals surface area contributed by atoms with Crippen LogP contribution in [0.25, 0.3) is 0 Å². The van der Waals surface area contributed by atoms with Gasteiger partial charge in [0.25, 0.3) is 5.91 Å². The third-order valence-electron chi connectivity index (χ3n) is 9.97. The highest BCUT2D eigenvalue weighted by atomic mass is 16.5. The highest BCUT2D eigenvalue weighted by molar-refractivity contribution is 6.07. The van der Waals surface area contributed by atoms with Gasteiger partial charge < -0.3 is 29.4 Å². The summed E-state index contributed by atoms with van der Waals surface area (Å²) in [6, 6.07) is 15.4. The molecule has 3 saturated heterocycles. The highest BCUT2D eigenvalue weighted by Crippen LogP contribution is 2.64. The van der Waals surface area contributed by atoms with Gasteiger partial charge in [-0.3, -0.25) is 14.4 Å². The Kier molecular flexibility index (Phi) is 9.23. The Morgan fingerprint density at radius 1 is 0.956 bits per heavy atom. The maximum atomic E-state index is 14.8. The molecule has 9 heteroatoms. The second-order valence-corrected chi connectivity index (χ2v) is 12.5. The molecule has 6 atom stereocenters. The summed E-state index contributed by atoms with van der Waals surface area (Å²) in [5.74, 6) is -2.57. The summed E-state index contributed by atoms with van der Waals surface area (Å²) in [5, 5.41) is 10.3. The lowest BCUT2D eigenvalue weighted by atomic mass is 9.66. The Hall–Kier alpha value is -3.95. The average Bonchev–Trinajstić information content (AvgIpc) is 3.63. The van der Waals surface area contributed by atoms with Crippen LogP contribution in [-0.2, 0) is 19.1 Å². The first-order valence-electron chi connectivity index (χ1n) is 16.0. The summed E-state index contributed by atoms with van der Waals surface area (Å²) in [5.41, 5.74) is 0.269. The van der Waals surface area contributed by atoms with E-state index >= 15 is 0 Å². The number of anilines is 3. The topological polar surface area (TPSA) is 93.6 Å². The van der Waals surface area contributed by atoms with Crippen molar-refractivity contribution in [1.82, 2.24) is 4.90 Å². The number of aliphatic hydroxyl groups excluding tert-OH is 1. The molecule has 3 aliphatic rings. The lowest BCUT2D eigenvalue weighted by molar-refractivity contribution is -0.147. The first-order valence-corrected chi connectivity index (χ1v) is 16.0. The smallest absolute Gasteiger partial charge is 0.253 e. The molecule has 2 aromatic carbocycles.